The molecule has 0 amide bonds. The summed E-state index contributed by atoms with van der Waals surface area (Å²) in [7, 11) is 0. The van der Waals surface area contributed by atoms with Gasteiger partial charge < -0.3 is 4.90 Å². The Hall–Kier alpha value is -0.160. The van der Waals surface area contributed by atoms with Gasteiger partial charge in [-0.3, -0.25) is 0 Å². The summed E-state index contributed by atoms with van der Waals surface area (Å²) in [5, 5.41) is 2.10. The first-order chi connectivity index (χ1) is 7.85. The molecule has 1 aliphatic rings. The number of aromatic nitrogens is 2. The van der Waals surface area contributed by atoms with E-state index in [1.54, 1.807) is 11.5 Å². The zero-order valence-electron chi connectivity index (χ0n) is 9.65. The van der Waals surface area contributed by atoms with Crippen molar-refractivity contribution in [1.29, 1.82) is 0 Å². The summed E-state index contributed by atoms with van der Waals surface area (Å²) < 4.78 is 4.46. The van der Waals surface area contributed by atoms with Gasteiger partial charge in [0, 0.05) is 35.9 Å². The Labute approximate surface area is 110 Å². The summed E-state index contributed by atoms with van der Waals surface area (Å²) in [5.74, 6) is 1.75. The molecule has 1 aromatic rings. The van der Waals surface area contributed by atoms with Crippen molar-refractivity contribution in [1.82, 2.24) is 9.36 Å². The molecule has 0 bridgehead atoms. The lowest BCUT2D eigenvalue weighted by Crippen LogP contribution is -2.26. The molecule has 3 nitrogen and oxygen atoms in total. The molecule has 0 atom stereocenters. The van der Waals surface area contributed by atoms with Crippen LogP contribution in [0.15, 0.2) is 0 Å². The Morgan fingerprint density at radius 3 is 2.88 bits per heavy atom. The highest BCUT2D eigenvalue weighted by atomic mass is 79.9. The van der Waals surface area contributed by atoms with Gasteiger partial charge in [0.2, 0.25) is 5.13 Å². The van der Waals surface area contributed by atoms with Gasteiger partial charge in [0.05, 0.1) is 0 Å². The molecular formula is C11H18BrN3S. The van der Waals surface area contributed by atoms with Crippen LogP contribution in [0.1, 0.15) is 44.3 Å². The van der Waals surface area contributed by atoms with Crippen LogP contribution in [0.3, 0.4) is 0 Å². The highest BCUT2D eigenvalue weighted by Crippen LogP contribution is 2.39. The predicted molar refractivity (Wildman–Crippen MR) is 72.8 cm³/mol. The van der Waals surface area contributed by atoms with Gasteiger partial charge in [-0.15, -0.1) is 0 Å². The molecule has 90 valence electrons. The minimum atomic E-state index is 0.669. The van der Waals surface area contributed by atoms with E-state index in [1.807, 2.05) is 0 Å². The van der Waals surface area contributed by atoms with E-state index in [0.29, 0.717) is 5.92 Å². The predicted octanol–water partition coefficient (Wildman–Crippen LogP) is 3.42. The Morgan fingerprint density at radius 1 is 1.44 bits per heavy atom. The van der Waals surface area contributed by atoms with Crippen molar-refractivity contribution in [3.05, 3.63) is 5.82 Å². The normalized spacial score (nSPS) is 15.4. The number of rotatable bonds is 7. The van der Waals surface area contributed by atoms with E-state index in [0.717, 1.165) is 29.4 Å². The molecule has 5 heteroatoms. The lowest BCUT2D eigenvalue weighted by atomic mass is 10.3. The van der Waals surface area contributed by atoms with E-state index in [4.69, 9.17) is 0 Å². The van der Waals surface area contributed by atoms with Crippen LogP contribution in [-0.2, 0) is 0 Å². The third-order valence-corrected chi connectivity index (χ3v) is 3.93. The fraction of sp³-hybridized carbons (Fsp3) is 0.818. The van der Waals surface area contributed by atoms with E-state index in [2.05, 4.69) is 37.1 Å². The maximum Gasteiger partial charge on any atom is 0.205 e. The second-order valence-electron chi connectivity index (χ2n) is 4.24. The fourth-order valence-corrected chi connectivity index (χ4v) is 2.84. The molecule has 1 fully saturated rings. The maximum atomic E-state index is 4.66. The van der Waals surface area contributed by atoms with Gasteiger partial charge in [-0.2, -0.15) is 4.37 Å². The smallest absolute Gasteiger partial charge is 0.205 e. The largest absolute Gasteiger partial charge is 0.346 e. The molecule has 0 unspecified atom stereocenters. The van der Waals surface area contributed by atoms with Crippen molar-refractivity contribution in [2.75, 3.05) is 23.3 Å². The van der Waals surface area contributed by atoms with Crippen molar-refractivity contribution < 1.29 is 0 Å². The van der Waals surface area contributed by atoms with E-state index < -0.39 is 0 Å². The summed E-state index contributed by atoms with van der Waals surface area (Å²) in [6.45, 7) is 4.35. The monoisotopic (exact) mass is 303 g/mol. The molecule has 1 saturated carbocycles. The van der Waals surface area contributed by atoms with E-state index in [-0.39, 0.29) is 0 Å². The SMILES string of the molecule is CCCCN(CCBr)c1nc(C2CC2)ns1. The molecule has 1 heterocycles. The van der Waals surface area contributed by atoms with Gasteiger partial charge in [0.15, 0.2) is 0 Å². The zero-order chi connectivity index (χ0) is 11.4. The second kappa shape index (κ2) is 5.96. The first-order valence-corrected chi connectivity index (χ1v) is 7.89. The molecule has 1 aromatic heterocycles. The van der Waals surface area contributed by atoms with E-state index >= 15 is 0 Å². The Bertz CT molecular complexity index is 325. The molecule has 0 aromatic carbocycles. The minimum Gasteiger partial charge on any atom is -0.346 e. The van der Waals surface area contributed by atoms with Crippen LogP contribution in [0.25, 0.3) is 0 Å². The molecule has 0 N–H and O–H groups in total. The molecule has 0 aliphatic heterocycles. The standard InChI is InChI=1S/C11H18BrN3S/c1-2-3-7-15(8-6-12)11-13-10(14-16-11)9-4-5-9/h9H,2-8H2,1H3. The Morgan fingerprint density at radius 2 is 2.25 bits per heavy atom. The summed E-state index contributed by atoms with van der Waals surface area (Å²) in [4.78, 5) is 7.01. The first kappa shape index (κ1) is 12.3. The molecule has 0 spiro atoms. The second-order valence-corrected chi connectivity index (χ2v) is 5.76. The van der Waals surface area contributed by atoms with Crippen LogP contribution < -0.4 is 4.90 Å². The highest BCUT2D eigenvalue weighted by Gasteiger charge is 2.28. The zero-order valence-corrected chi connectivity index (χ0v) is 12.1. The molecule has 2 rings (SSSR count). The van der Waals surface area contributed by atoms with Crippen LogP contribution in [0, 0.1) is 0 Å². The first-order valence-electron chi connectivity index (χ1n) is 5.99. The summed E-state index contributed by atoms with van der Waals surface area (Å²) >= 11 is 5.06. The third kappa shape index (κ3) is 3.17. The third-order valence-electron chi connectivity index (χ3n) is 2.78. The Kier molecular flexibility index (Phi) is 4.58. The lowest BCUT2D eigenvalue weighted by Gasteiger charge is -2.19. The molecule has 1 aliphatic carbocycles. The van der Waals surface area contributed by atoms with Crippen molar-refractivity contribution in [2.45, 2.75) is 38.5 Å². The van der Waals surface area contributed by atoms with E-state index in [1.165, 1.54) is 25.7 Å². The number of unbranched alkanes of at least 4 members (excludes halogenated alkanes) is 1. The molecular weight excluding hydrogens is 286 g/mol. The Balaban J connectivity index is 1.98. The van der Waals surface area contributed by atoms with Crippen LogP contribution >= 0.6 is 27.5 Å². The van der Waals surface area contributed by atoms with Crippen molar-refractivity contribution in [3.63, 3.8) is 0 Å². The van der Waals surface area contributed by atoms with Gasteiger partial charge in [-0.1, -0.05) is 29.3 Å². The average Bonchev–Trinajstić information content (AvgIpc) is 3.03. The van der Waals surface area contributed by atoms with Gasteiger partial charge in [-0.25, -0.2) is 4.98 Å². The number of hydrogen-bond acceptors (Lipinski definition) is 4. The number of alkyl halides is 1. The van der Waals surface area contributed by atoms with Crippen LogP contribution in [0.5, 0.6) is 0 Å². The number of nitrogens with zero attached hydrogens (tertiary/aromatic N) is 3. The maximum absolute atomic E-state index is 4.66. The van der Waals surface area contributed by atoms with Crippen molar-refractivity contribution in [2.24, 2.45) is 0 Å². The quantitative estimate of drug-likeness (QED) is 0.723. The molecule has 0 saturated heterocycles. The van der Waals surface area contributed by atoms with Gasteiger partial charge in [0.25, 0.3) is 0 Å². The molecule has 16 heavy (non-hydrogen) atoms. The highest BCUT2D eigenvalue weighted by molar-refractivity contribution is 9.09. The summed E-state index contributed by atoms with van der Waals surface area (Å²) in [5.41, 5.74) is 0. The lowest BCUT2D eigenvalue weighted by molar-refractivity contribution is 0.731. The van der Waals surface area contributed by atoms with E-state index in [9.17, 15) is 0 Å². The van der Waals surface area contributed by atoms with Crippen LogP contribution in [-0.4, -0.2) is 27.8 Å². The van der Waals surface area contributed by atoms with Crippen LogP contribution in [0.2, 0.25) is 0 Å². The summed E-state index contributed by atoms with van der Waals surface area (Å²) in [6, 6.07) is 0. The number of halogens is 1. The molecule has 0 radical (unpaired) electrons. The average molecular weight is 304 g/mol. The van der Waals surface area contributed by atoms with Crippen molar-refractivity contribution >= 4 is 32.6 Å². The topological polar surface area (TPSA) is 29.0 Å². The minimum absolute atomic E-state index is 0.669. The fourth-order valence-electron chi connectivity index (χ4n) is 1.62. The van der Waals surface area contributed by atoms with Gasteiger partial charge in [0.1, 0.15) is 5.82 Å². The number of hydrogen-bond donors (Lipinski definition) is 0. The van der Waals surface area contributed by atoms with Gasteiger partial charge >= 0.3 is 0 Å². The van der Waals surface area contributed by atoms with Crippen molar-refractivity contribution in [3.8, 4) is 0 Å². The van der Waals surface area contributed by atoms with Gasteiger partial charge in [-0.05, 0) is 19.3 Å². The van der Waals surface area contributed by atoms with Crippen LogP contribution in [0.4, 0.5) is 5.13 Å². The number of anilines is 1. The summed E-state index contributed by atoms with van der Waals surface area (Å²) in [6.07, 6.45) is 5.02.